The van der Waals surface area contributed by atoms with Crippen LogP contribution in [0.3, 0.4) is 0 Å². The molecule has 0 fully saturated rings. The number of ether oxygens (including phenoxy) is 1. The predicted octanol–water partition coefficient (Wildman–Crippen LogP) is 6.24. The zero-order valence-electron chi connectivity index (χ0n) is 16.3. The number of benzene rings is 1. The molecule has 1 unspecified atom stereocenters. The Bertz CT molecular complexity index is 930. The normalized spacial score (nSPS) is 16.4. The largest absolute Gasteiger partial charge is 0.465 e. The Kier molecular flexibility index (Phi) is 6.08. The number of nitrogens with one attached hydrogen (secondary N) is 1. The molecule has 0 bridgehead atoms. The van der Waals surface area contributed by atoms with Gasteiger partial charge in [-0.25, -0.2) is 4.79 Å². The average Bonchev–Trinajstić information content (AvgIpc) is 2.99. The standard InChI is InChI=1S/C21H23Cl2NO3S/c1-21(2,3)12-6-7-13-16(10-12)28-19(17(13)20(26)27-4)24-18(25)11-5-8-14(22)15(23)9-11/h5,8-9,12H,6-7,10H2,1-4H3,(H,24,25). The van der Waals surface area contributed by atoms with Crippen molar-refractivity contribution in [3.8, 4) is 0 Å². The first-order valence-corrected chi connectivity index (χ1v) is 10.7. The molecular weight excluding hydrogens is 417 g/mol. The minimum absolute atomic E-state index is 0.191. The van der Waals surface area contributed by atoms with E-state index in [4.69, 9.17) is 27.9 Å². The summed E-state index contributed by atoms with van der Waals surface area (Å²) >= 11 is 13.4. The van der Waals surface area contributed by atoms with E-state index >= 15 is 0 Å². The second-order valence-corrected chi connectivity index (χ2v) is 10.0. The zero-order valence-corrected chi connectivity index (χ0v) is 18.6. The number of carbonyl (C=O) groups excluding carboxylic acids is 2. The Morgan fingerprint density at radius 3 is 2.54 bits per heavy atom. The van der Waals surface area contributed by atoms with Gasteiger partial charge in [0.05, 0.1) is 22.7 Å². The van der Waals surface area contributed by atoms with Crippen molar-refractivity contribution < 1.29 is 14.3 Å². The lowest BCUT2D eigenvalue weighted by Crippen LogP contribution is -2.26. The van der Waals surface area contributed by atoms with Crippen LogP contribution in [0, 0.1) is 11.3 Å². The van der Waals surface area contributed by atoms with Crippen molar-refractivity contribution in [1.29, 1.82) is 0 Å². The van der Waals surface area contributed by atoms with Gasteiger partial charge in [-0.1, -0.05) is 44.0 Å². The van der Waals surface area contributed by atoms with E-state index < -0.39 is 5.97 Å². The SMILES string of the molecule is COC(=O)c1c(NC(=O)c2ccc(Cl)c(Cl)c2)sc2c1CCC(C(C)(C)C)C2. The van der Waals surface area contributed by atoms with E-state index in [1.54, 1.807) is 12.1 Å². The number of thiophene rings is 1. The molecule has 28 heavy (non-hydrogen) atoms. The minimum Gasteiger partial charge on any atom is -0.465 e. The highest BCUT2D eigenvalue weighted by molar-refractivity contribution is 7.17. The molecular formula is C21H23Cl2NO3S. The van der Waals surface area contributed by atoms with E-state index in [1.807, 2.05) is 0 Å². The van der Waals surface area contributed by atoms with Gasteiger partial charge in [-0.2, -0.15) is 0 Å². The summed E-state index contributed by atoms with van der Waals surface area (Å²) in [5, 5.41) is 4.10. The van der Waals surface area contributed by atoms with Gasteiger partial charge in [0.1, 0.15) is 5.00 Å². The lowest BCUT2D eigenvalue weighted by atomic mass is 9.72. The van der Waals surface area contributed by atoms with Gasteiger partial charge in [-0.3, -0.25) is 4.79 Å². The Labute approximate surface area is 179 Å². The number of anilines is 1. The van der Waals surface area contributed by atoms with Crippen LogP contribution in [0.15, 0.2) is 18.2 Å². The van der Waals surface area contributed by atoms with Crippen LogP contribution >= 0.6 is 34.5 Å². The number of rotatable bonds is 3. The lowest BCUT2D eigenvalue weighted by molar-refractivity contribution is 0.0600. The van der Waals surface area contributed by atoms with Crippen LogP contribution in [0.5, 0.6) is 0 Å². The van der Waals surface area contributed by atoms with Crippen molar-refractivity contribution in [2.45, 2.75) is 40.0 Å². The van der Waals surface area contributed by atoms with Crippen LogP contribution in [0.2, 0.25) is 10.0 Å². The van der Waals surface area contributed by atoms with Crippen molar-refractivity contribution in [1.82, 2.24) is 0 Å². The second kappa shape index (κ2) is 8.05. The molecule has 1 aliphatic rings. The molecule has 1 N–H and O–H groups in total. The van der Waals surface area contributed by atoms with Crippen LogP contribution in [0.25, 0.3) is 0 Å². The van der Waals surface area contributed by atoms with Gasteiger partial charge in [0, 0.05) is 10.4 Å². The van der Waals surface area contributed by atoms with Gasteiger partial charge < -0.3 is 10.1 Å². The number of esters is 1. The van der Waals surface area contributed by atoms with Gasteiger partial charge in [0.25, 0.3) is 5.91 Å². The minimum atomic E-state index is -0.420. The van der Waals surface area contributed by atoms with Gasteiger partial charge in [-0.15, -0.1) is 11.3 Å². The molecule has 1 atom stereocenters. The third kappa shape index (κ3) is 4.22. The number of methoxy groups -OCH3 is 1. The average molecular weight is 440 g/mol. The summed E-state index contributed by atoms with van der Waals surface area (Å²) in [4.78, 5) is 26.3. The monoisotopic (exact) mass is 439 g/mol. The summed E-state index contributed by atoms with van der Waals surface area (Å²) in [5.74, 6) is -0.228. The molecule has 1 aliphatic carbocycles. The summed E-state index contributed by atoms with van der Waals surface area (Å²) in [6, 6.07) is 4.69. The first kappa shape index (κ1) is 21.2. The molecule has 3 rings (SSSR count). The van der Waals surface area contributed by atoms with E-state index in [0.717, 1.165) is 29.7 Å². The highest BCUT2D eigenvalue weighted by Crippen LogP contribution is 2.44. The van der Waals surface area contributed by atoms with Crippen LogP contribution in [0.4, 0.5) is 5.00 Å². The third-order valence-corrected chi connectivity index (χ3v) is 7.20. The smallest absolute Gasteiger partial charge is 0.341 e. The molecule has 0 radical (unpaired) electrons. The number of halogens is 2. The zero-order chi connectivity index (χ0) is 20.6. The Hall–Kier alpha value is -1.56. The summed E-state index contributed by atoms with van der Waals surface area (Å²) in [7, 11) is 1.36. The molecule has 1 heterocycles. The molecule has 1 aromatic carbocycles. The van der Waals surface area contributed by atoms with E-state index in [1.165, 1.54) is 24.5 Å². The number of hydrogen-bond donors (Lipinski definition) is 1. The fourth-order valence-corrected chi connectivity index (χ4v) is 5.15. The lowest BCUT2D eigenvalue weighted by Gasteiger charge is -2.33. The van der Waals surface area contributed by atoms with Crippen LogP contribution < -0.4 is 5.32 Å². The first-order chi connectivity index (χ1) is 13.1. The van der Waals surface area contributed by atoms with E-state index in [-0.39, 0.29) is 11.3 Å². The van der Waals surface area contributed by atoms with Gasteiger partial charge >= 0.3 is 5.97 Å². The van der Waals surface area contributed by atoms with Crippen molar-refractivity contribution in [3.05, 3.63) is 49.8 Å². The van der Waals surface area contributed by atoms with Crippen molar-refractivity contribution in [2.24, 2.45) is 11.3 Å². The fraction of sp³-hybridized carbons (Fsp3) is 0.429. The molecule has 7 heteroatoms. The second-order valence-electron chi connectivity index (χ2n) is 8.09. The topological polar surface area (TPSA) is 55.4 Å². The number of carbonyl (C=O) groups is 2. The Morgan fingerprint density at radius 1 is 1.21 bits per heavy atom. The number of hydrogen-bond acceptors (Lipinski definition) is 4. The molecule has 150 valence electrons. The van der Waals surface area contributed by atoms with E-state index in [9.17, 15) is 9.59 Å². The molecule has 4 nitrogen and oxygen atoms in total. The third-order valence-electron chi connectivity index (χ3n) is 5.29. The summed E-state index contributed by atoms with van der Waals surface area (Å²) in [6.45, 7) is 6.72. The van der Waals surface area contributed by atoms with Gasteiger partial charge in [0.2, 0.25) is 0 Å². The highest BCUT2D eigenvalue weighted by Gasteiger charge is 2.34. The fourth-order valence-electron chi connectivity index (χ4n) is 3.54. The van der Waals surface area contributed by atoms with Gasteiger partial charge in [0.15, 0.2) is 0 Å². The Morgan fingerprint density at radius 2 is 1.93 bits per heavy atom. The Balaban J connectivity index is 1.94. The van der Waals surface area contributed by atoms with Crippen LogP contribution in [-0.2, 0) is 17.6 Å². The highest BCUT2D eigenvalue weighted by atomic mass is 35.5. The van der Waals surface area contributed by atoms with Gasteiger partial charge in [-0.05, 0) is 54.4 Å². The maximum atomic E-state index is 12.7. The van der Waals surface area contributed by atoms with Crippen LogP contribution in [0.1, 0.15) is 58.3 Å². The maximum absolute atomic E-state index is 12.7. The van der Waals surface area contributed by atoms with E-state index in [0.29, 0.717) is 32.1 Å². The molecule has 1 amide bonds. The maximum Gasteiger partial charge on any atom is 0.341 e. The molecule has 2 aromatic rings. The van der Waals surface area contributed by atoms with Crippen LogP contribution in [-0.4, -0.2) is 19.0 Å². The summed E-state index contributed by atoms with van der Waals surface area (Å²) in [6.07, 6.45) is 2.72. The van der Waals surface area contributed by atoms with Crippen molar-refractivity contribution in [2.75, 3.05) is 12.4 Å². The summed E-state index contributed by atoms with van der Waals surface area (Å²) in [5.41, 5.74) is 2.05. The molecule has 1 aromatic heterocycles. The molecule has 0 spiro atoms. The quantitative estimate of drug-likeness (QED) is 0.575. The van der Waals surface area contributed by atoms with Crippen molar-refractivity contribution in [3.63, 3.8) is 0 Å². The molecule has 0 saturated carbocycles. The number of fused-ring (bicyclic) bond motifs is 1. The summed E-state index contributed by atoms with van der Waals surface area (Å²) < 4.78 is 5.00. The molecule has 0 aliphatic heterocycles. The first-order valence-electron chi connectivity index (χ1n) is 9.11. The van der Waals surface area contributed by atoms with E-state index in [2.05, 4.69) is 26.1 Å². The molecule has 0 saturated heterocycles. The predicted molar refractivity (Wildman–Crippen MR) is 115 cm³/mol. The van der Waals surface area contributed by atoms with Crippen molar-refractivity contribution >= 4 is 51.4 Å². The number of amides is 1.